The summed E-state index contributed by atoms with van der Waals surface area (Å²) in [4.78, 5) is 4.50. The number of alkyl halides is 1. The molecule has 116 valence electrons. The van der Waals surface area contributed by atoms with E-state index in [1.807, 2.05) is 10.7 Å². The zero-order valence-corrected chi connectivity index (χ0v) is 14.3. The smallest absolute Gasteiger partial charge is 0.152 e. The number of aromatic nitrogens is 3. The van der Waals surface area contributed by atoms with Crippen molar-refractivity contribution >= 4 is 22.9 Å². The topological polar surface area (TPSA) is 42.2 Å². The van der Waals surface area contributed by atoms with Gasteiger partial charge < -0.3 is 5.32 Å². The van der Waals surface area contributed by atoms with E-state index in [2.05, 4.69) is 56.1 Å². The molecular formula is C16H25ClN4. The number of hydrogen-bond donors (Lipinski definition) is 1. The maximum atomic E-state index is 5.94. The molecule has 0 fully saturated rings. The van der Waals surface area contributed by atoms with Gasteiger partial charge in [0.1, 0.15) is 5.52 Å². The van der Waals surface area contributed by atoms with Crippen LogP contribution in [-0.4, -0.2) is 26.0 Å². The maximum absolute atomic E-state index is 5.94. The summed E-state index contributed by atoms with van der Waals surface area (Å²) in [6.45, 7) is 10.8. The van der Waals surface area contributed by atoms with Crippen LogP contribution in [0, 0.1) is 0 Å². The first-order chi connectivity index (χ1) is 9.79. The fourth-order valence-electron chi connectivity index (χ4n) is 2.21. The second-order valence-electron chi connectivity index (χ2n) is 6.86. The largest absolute Gasteiger partial charge is 0.363 e. The predicted molar refractivity (Wildman–Crippen MR) is 89.3 cm³/mol. The molecule has 0 aliphatic heterocycles. The second kappa shape index (κ2) is 5.84. The lowest BCUT2D eigenvalue weighted by Crippen LogP contribution is -2.35. The molecule has 0 aliphatic rings. The Morgan fingerprint density at radius 2 is 2.00 bits per heavy atom. The Hall–Kier alpha value is -1.29. The Morgan fingerprint density at radius 3 is 2.57 bits per heavy atom. The third-order valence-corrected chi connectivity index (χ3v) is 4.19. The normalized spacial score (nSPS) is 15.1. The van der Waals surface area contributed by atoms with Crippen molar-refractivity contribution in [2.45, 2.75) is 58.4 Å². The minimum atomic E-state index is -0.0528. The van der Waals surface area contributed by atoms with Crippen LogP contribution in [0.5, 0.6) is 0 Å². The lowest BCUT2D eigenvalue weighted by Gasteiger charge is -2.29. The maximum Gasteiger partial charge on any atom is 0.152 e. The van der Waals surface area contributed by atoms with E-state index in [-0.39, 0.29) is 11.0 Å². The van der Waals surface area contributed by atoms with Crippen LogP contribution >= 0.6 is 11.6 Å². The van der Waals surface area contributed by atoms with Crippen LogP contribution in [-0.2, 0) is 5.41 Å². The molecule has 2 aromatic heterocycles. The average Bonchev–Trinajstić information content (AvgIpc) is 2.84. The molecule has 2 rings (SSSR count). The van der Waals surface area contributed by atoms with Crippen molar-refractivity contribution in [3.8, 4) is 0 Å². The van der Waals surface area contributed by atoms with Gasteiger partial charge >= 0.3 is 0 Å². The van der Waals surface area contributed by atoms with Gasteiger partial charge in [0.15, 0.2) is 5.82 Å². The van der Waals surface area contributed by atoms with Gasteiger partial charge in [0.05, 0.1) is 5.69 Å². The SMILES string of the molecule is CCC(C)(CCCl)Nc1nccn2nc(C(C)(C)C)cc12. The molecule has 0 bridgehead atoms. The Kier molecular flexibility index (Phi) is 4.47. The van der Waals surface area contributed by atoms with Crippen LogP contribution in [0.1, 0.15) is 53.2 Å². The van der Waals surface area contributed by atoms with Crippen LogP contribution in [0.15, 0.2) is 18.5 Å². The Bertz CT molecular complexity index is 614. The summed E-state index contributed by atoms with van der Waals surface area (Å²) in [5, 5.41) is 8.21. The molecule has 0 aliphatic carbocycles. The number of rotatable bonds is 5. The first kappa shape index (κ1) is 16.1. The fourth-order valence-corrected chi connectivity index (χ4v) is 2.62. The Morgan fingerprint density at radius 1 is 1.29 bits per heavy atom. The molecule has 1 unspecified atom stereocenters. The first-order valence-electron chi connectivity index (χ1n) is 7.48. The molecule has 0 saturated carbocycles. The minimum Gasteiger partial charge on any atom is -0.363 e. The number of nitrogens with one attached hydrogen (secondary N) is 1. The highest BCUT2D eigenvalue weighted by molar-refractivity contribution is 6.17. The quantitative estimate of drug-likeness (QED) is 0.840. The van der Waals surface area contributed by atoms with Gasteiger partial charge in [-0.3, -0.25) is 0 Å². The minimum absolute atomic E-state index is 0.0213. The van der Waals surface area contributed by atoms with E-state index in [9.17, 15) is 0 Å². The van der Waals surface area contributed by atoms with Gasteiger partial charge in [-0.25, -0.2) is 9.50 Å². The number of fused-ring (bicyclic) bond motifs is 1. The van der Waals surface area contributed by atoms with Crippen LogP contribution in [0.3, 0.4) is 0 Å². The molecule has 0 radical (unpaired) electrons. The molecule has 5 heteroatoms. The summed E-state index contributed by atoms with van der Waals surface area (Å²) >= 11 is 5.94. The summed E-state index contributed by atoms with van der Waals surface area (Å²) < 4.78 is 1.90. The van der Waals surface area contributed by atoms with Crippen molar-refractivity contribution in [1.82, 2.24) is 14.6 Å². The number of hydrogen-bond acceptors (Lipinski definition) is 3. The molecule has 4 nitrogen and oxygen atoms in total. The van der Waals surface area contributed by atoms with E-state index in [1.54, 1.807) is 6.20 Å². The van der Waals surface area contributed by atoms with Crippen molar-refractivity contribution in [2.24, 2.45) is 0 Å². The lowest BCUT2D eigenvalue weighted by atomic mass is 9.92. The fraction of sp³-hybridized carbons (Fsp3) is 0.625. The van der Waals surface area contributed by atoms with Gasteiger partial charge in [-0.2, -0.15) is 5.10 Å². The third-order valence-electron chi connectivity index (χ3n) is 4.01. The van der Waals surface area contributed by atoms with Crippen LogP contribution in [0.4, 0.5) is 5.82 Å². The van der Waals surface area contributed by atoms with Gasteiger partial charge in [0.2, 0.25) is 0 Å². The van der Waals surface area contributed by atoms with Crippen molar-refractivity contribution in [2.75, 3.05) is 11.2 Å². The Labute approximate surface area is 131 Å². The molecule has 0 aromatic carbocycles. The van der Waals surface area contributed by atoms with Crippen molar-refractivity contribution in [1.29, 1.82) is 0 Å². The van der Waals surface area contributed by atoms with Gasteiger partial charge in [0.25, 0.3) is 0 Å². The highest BCUT2D eigenvalue weighted by Crippen LogP contribution is 2.27. The molecule has 0 amide bonds. The summed E-state index contributed by atoms with van der Waals surface area (Å²) in [5.74, 6) is 1.50. The highest BCUT2D eigenvalue weighted by Gasteiger charge is 2.24. The molecule has 1 atom stereocenters. The van der Waals surface area contributed by atoms with E-state index >= 15 is 0 Å². The standard InChI is InChI=1S/C16H25ClN4/c1-6-16(5,7-8-17)19-14-12-11-13(15(2,3)4)20-21(12)10-9-18-14/h9-11H,6-8H2,1-5H3,(H,18,19). The zero-order valence-electron chi connectivity index (χ0n) is 13.6. The van der Waals surface area contributed by atoms with Crippen molar-refractivity contribution in [3.05, 3.63) is 24.2 Å². The van der Waals surface area contributed by atoms with Crippen LogP contribution in [0.2, 0.25) is 0 Å². The summed E-state index contributed by atoms with van der Waals surface area (Å²) in [6, 6.07) is 2.12. The Balaban J connectivity index is 2.43. The van der Waals surface area contributed by atoms with E-state index in [0.29, 0.717) is 5.88 Å². The second-order valence-corrected chi connectivity index (χ2v) is 7.24. The monoisotopic (exact) mass is 308 g/mol. The summed E-state index contributed by atoms with van der Waals surface area (Å²) in [5.41, 5.74) is 2.04. The van der Waals surface area contributed by atoms with Gasteiger partial charge in [-0.1, -0.05) is 27.7 Å². The molecular weight excluding hydrogens is 284 g/mol. The highest BCUT2D eigenvalue weighted by atomic mass is 35.5. The summed E-state index contributed by atoms with van der Waals surface area (Å²) in [7, 11) is 0. The van der Waals surface area contributed by atoms with Gasteiger partial charge in [-0.05, 0) is 25.8 Å². The first-order valence-corrected chi connectivity index (χ1v) is 8.01. The molecule has 2 aromatic rings. The molecule has 1 N–H and O–H groups in total. The molecule has 0 saturated heterocycles. The van der Waals surface area contributed by atoms with Crippen molar-refractivity contribution < 1.29 is 0 Å². The number of nitrogens with zero attached hydrogens (tertiary/aromatic N) is 3. The molecule has 2 heterocycles. The predicted octanol–water partition coefficient (Wildman–Crippen LogP) is 4.24. The molecule has 0 spiro atoms. The lowest BCUT2D eigenvalue weighted by molar-refractivity contribution is 0.479. The number of halogens is 1. The summed E-state index contributed by atoms with van der Waals surface area (Å²) in [6.07, 6.45) is 5.56. The van der Waals surface area contributed by atoms with Gasteiger partial charge in [-0.15, -0.1) is 11.6 Å². The zero-order chi connectivity index (χ0) is 15.7. The average molecular weight is 309 g/mol. The van der Waals surface area contributed by atoms with E-state index in [0.717, 1.165) is 29.9 Å². The van der Waals surface area contributed by atoms with E-state index in [1.165, 1.54) is 0 Å². The van der Waals surface area contributed by atoms with Crippen LogP contribution in [0.25, 0.3) is 5.52 Å². The van der Waals surface area contributed by atoms with E-state index < -0.39 is 0 Å². The van der Waals surface area contributed by atoms with E-state index in [4.69, 9.17) is 11.6 Å². The number of anilines is 1. The van der Waals surface area contributed by atoms with Crippen molar-refractivity contribution in [3.63, 3.8) is 0 Å². The third kappa shape index (κ3) is 3.49. The van der Waals surface area contributed by atoms with Gasteiger partial charge in [0, 0.05) is 29.2 Å². The van der Waals surface area contributed by atoms with Crippen LogP contribution < -0.4 is 5.32 Å². The molecule has 21 heavy (non-hydrogen) atoms.